The molecule has 5 heteroatoms. The predicted molar refractivity (Wildman–Crippen MR) is 73.8 cm³/mol. The lowest BCUT2D eigenvalue weighted by molar-refractivity contribution is 0.101. The monoisotopic (exact) mass is 281 g/mol. The Morgan fingerprint density at radius 2 is 1.89 bits per heavy atom. The Morgan fingerprint density at radius 3 is 2.47 bits per heavy atom. The van der Waals surface area contributed by atoms with Gasteiger partial charge in [-0.2, -0.15) is 0 Å². The molecule has 0 amide bonds. The number of sulfonamides is 1. The second kappa shape index (κ2) is 5.43. The molecule has 0 bridgehead atoms. The van der Waals surface area contributed by atoms with Gasteiger partial charge in [-0.25, -0.2) is 13.1 Å². The molecular weight excluding hydrogens is 262 g/mol. The maximum absolute atomic E-state index is 12.4. The Morgan fingerprint density at radius 1 is 1.26 bits per heavy atom. The molecule has 1 aromatic rings. The van der Waals surface area contributed by atoms with Gasteiger partial charge in [-0.3, -0.25) is 4.79 Å². The molecule has 4 nitrogen and oxygen atoms in total. The first-order chi connectivity index (χ1) is 8.90. The Bertz CT molecular complexity index is 587. The van der Waals surface area contributed by atoms with Crippen molar-refractivity contribution in [2.75, 3.05) is 0 Å². The van der Waals surface area contributed by atoms with Crippen LogP contribution in [0.3, 0.4) is 0 Å². The highest BCUT2D eigenvalue weighted by Crippen LogP contribution is 2.22. The fourth-order valence-corrected chi connectivity index (χ4v) is 4.01. The smallest absolute Gasteiger partial charge is 0.241 e. The summed E-state index contributed by atoms with van der Waals surface area (Å²) in [5.41, 5.74) is 1.09. The zero-order valence-electron chi connectivity index (χ0n) is 11.3. The summed E-state index contributed by atoms with van der Waals surface area (Å²) in [6.45, 7) is 3.18. The van der Waals surface area contributed by atoms with Crippen LogP contribution in [0.5, 0.6) is 0 Å². The standard InChI is InChI=1S/C14H19NO3S/c1-10-7-8-12(11(2)16)9-14(10)19(17,18)15-13-5-3-4-6-13/h7-9,13,15H,3-6H2,1-2H3. The number of Topliss-reactive ketones (excluding diaryl/α,β-unsaturated/α-hetero) is 1. The molecule has 0 saturated heterocycles. The first-order valence-corrected chi connectivity index (χ1v) is 8.02. The van der Waals surface area contributed by atoms with Crippen LogP contribution < -0.4 is 4.72 Å². The van der Waals surface area contributed by atoms with Crippen molar-refractivity contribution in [3.8, 4) is 0 Å². The van der Waals surface area contributed by atoms with Crippen LogP contribution in [0.4, 0.5) is 0 Å². The van der Waals surface area contributed by atoms with Crippen molar-refractivity contribution >= 4 is 15.8 Å². The van der Waals surface area contributed by atoms with E-state index in [4.69, 9.17) is 0 Å². The lowest BCUT2D eigenvalue weighted by atomic mass is 10.1. The van der Waals surface area contributed by atoms with Crippen LogP contribution in [-0.2, 0) is 10.0 Å². The molecule has 0 unspecified atom stereocenters. The van der Waals surface area contributed by atoms with Crippen molar-refractivity contribution in [2.45, 2.75) is 50.5 Å². The van der Waals surface area contributed by atoms with E-state index in [1.165, 1.54) is 13.0 Å². The highest BCUT2D eigenvalue weighted by molar-refractivity contribution is 7.89. The second-order valence-corrected chi connectivity index (χ2v) is 6.82. The molecule has 19 heavy (non-hydrogen) atoms. The van der Waals surface area contributed by atoms with Crippen molar-refractivity contribution in [3.05, 3.63) is 29.3 Å². The summed E-state index contributed by atoms with van der Waals surface area (Å²) < 4.78 is 27.5. The summed E-state index contributed by atoms with van der Waals surface area (Å²) in [7, 11) is -3.53. The van der Waals surface area contributed by atoms with Gasteiger partial charge in [0.15, 0.2) is 5.78 Å². The average Bonchev–Trinajstić information content (AvgIpc) is 2.81. The van der Waals surface area contributed by atoms with Gasteiger partial charge >= 0.3 is 0 Å². The fraction of sp³-hybridized carbons (Fsp3) is 0.500. The van der Waals surface area contributed by atoms with E-state index >= 15 is 0 Å². The van der Waals surface area contributed by atoms with Gasteiger partial charge in [0.05, 0.1) is 4.90 Å². The highest BCUT2D eigenvalue weighted by Gasteiger charge is 2.24. The minimum absolute atomic E-state index is 0.0328. The average molecular weight is 281 g/mol. The number of benzene rings is 1. The number of rotatable bonds is 4. The first kappa shape index (κ1) is 14.2. The van der Waals surface area contributed by atoms with Crippen molar-refractivity contribution < 1.29 is 13.2 Å². The summed E-state index contributed by atoms with van der Waals surface area (Å²) >= 11 is 0. The lowest BCUT2D eigenvalue weighted by Gasteiger charge is -2.14. The molecule has 1 aromatic carbocycles. The molecule has 0 aliphatic heterocycles. The third-order valence-electron chi connectivity index (χ3n) is 3.56. The Hall–Kier alpha value is -1.20. The van der Waals surface area contributed by atoms with Crippen LogP contribution in [-0.4, -0.2) is 20.2 Å². The van der Waals surface area contributed by atoms with Crippen molar-refractivity contribution in [1.29, 1.82) is 0 Å². The van der Waals surface area contributed by atoms with Crippen molar-refractivity contribution in [1.82, 2.24) is 4.72 Å². The zero-order chi connectivity index (χ0) is 14.0. The SMILES string of the molecule is CC(=O)c1ccc(C)c(S(=O)(=O)NC2CCCC2)c1. The molecule has 0 aromatic heterocycles. The molecule has 1 aliphatic carbocycles. The van der Waals surface area contributed by atoms with E-state index in [0.717, 1.165) is 25.7 Å². The Labute approximate surface area is 114 Å². The van der Waals surface area contributed by atoms with E-state index in [1.807, 2.05) is 0 Å². The van der Waals surface area contributed by atoms with E-state index < -0.39 is 10.0 Å². The molecule has 0 atom stereocenters. The minimum Gasteiger partial charge on any atom is -0.295 e. The van der Waals surface area contributed by atoms with E-state index in [1.54, 1.807) is 19.1 Å². The van der Waals surface area contributed by atoms with Crippen LogP contribution in [0.25, 0.3) is 0 Å². The number of hydrogen-bond donors (Lipinski definition) is 1. The van der Waals surface area contributed by atoms with E-state index in [-0.39, 0.29) is 16.7 Å². The van der Waals surface area contributed by atoms with Gasteiger partial charge in [0.25, 0.3) is 0 Å². The number of aryl methyl sites for hydroxylation is 1. The third kappa shape index (κ3) is 3.22. The van der Waals surface area contributed by atoms with Crippen LogP contribution in [0.2, 0.25) is 0 Å². The maximum atomic E-state index is 12.4. The third-order valence-corrected chi connectivity index (χ3v) is 5.22. The van der Waals surface area contributed by atoms with Crippen LogP contribution >= 0.6 is 0 Å². The number of carbonyl (C=O) groups is 1. The van der Waals surface area contributed by atoms with Gasteiger partial charge in [-0.15, -0.1) is 0 Å². The van der Waals surface area contributed by atoms with Crippen LogP contribution in [0, 0.1) is 6.92 Å². The molecule has 0 heterocycles. The first-order valence-electron chi connectivity index (χ1n) is 6.54. The molecule has 0 spiro atoms. The Balaban J connectivity index is 2.33. The molecule has 2 rings (SSSR count). The summed E-state index contributed by atoms with van der Waals surface area (Å²) in [4.78, 5) is 11.6. The summed E-state index contributed by atoms with van der Waals surface area (Å²) in [6, 6.07) is 4.84. The second-order valence-electron chi connectivity index (χ2n) is 5.14. The van der Waals surface area contributed by atoms with Gasteiger partial charge in [0, 0.05) is 11.6 Å². The highest BCUT2D eigenvalue weighted by atomic mass is 32.2. The molecule has 1 aliphatic rings. The molecular formula is C14H19NO3S. The fourth-order valence-electron chi connectivity index (χ4n) is 2.44. The molecule has 104 valence electrons. The van der Waals surface area contributed by atoms with Gasteiger partial charge in [0.1, 0.15) is 0 Å². The minimum atomic E-state index is -3.53. The van der Waals surface area contributed by atoms with Gasteiger partial charge < -0.3 is 0 Å². The maximum Gasteiger partial charge on any atom is 0.241 e. The molecule has 0 radical (unpaired) electrons. The van der Waals surface area contributed by atoms with Gasteiger partial charge in [-0.1, -0.05) is 25.0 Å². The normalized spacial score (nSPS) is 16.7. The van der Waals surface area contributed by atoms with Gasteiger partial charge in [-0.05, 0) is 38.3 Å². The van der Waals surface area contributed by atoms with Crippen LogP contribution in [0.15, 0.2) is 23.1 Å². The number of nitrogens with one attached hydrogen (secondary N) is 1. The van der Waals surface area contributed by atoms with E-state index in [9.17, 15) is 13.2 Å². The Kier molecular flexibility index (Phi) is 4.06. The van der Waals surface area contributed by atoms with Crippen molar-refractivity contribution in [3.63, 3.8) is 0 Å². The summed E-state index contributed by atoms with van der Waals surface area (Å²) in [5.74, 6) is -0.127. The topological polar surface area (TPSA) is 63.2 Å². The largest absolute Gasteiger partial charge is 0.295 e. The lowest BCUT2D eigenvalue weighted by Crippen LogP contribution is -2.33. The summed E-state index contributed by atoms with van der Waals surface area (Å²) in [5, 5.41) is 0. The molecule has 1 saturated carbocycles. The molecule has 1 fully saturated rings. The summed E-state index contributed by atoms with van der Waals surface area (Å²) in [6.07, 6.45) is 3.93. The van der Waals surface area contributed by atoms with Gasteiger partial charge in [0.2, 0.25) is 10.0 Å². The number of ketones is 1. The number of hydrogen-bond acceptors (Lipinski definition) is 3. The molecule has 1 N–H and O–H groups in total. The van der Waals surface area contributed by atoms with E-state index in [2.05, 4.69) is 4.72 Å². The quantitative estimate of drug-likeness (QED) is 0.862. The zero-order valence-corrected chi connectivity index (χ0v) is 12.1. The van der Waals surface area contributed by atoms with Crippen LogP contribution in [0.1, 0.15) is 48.5 Å². The predicted octanol–water partition coefficient (Wildman–Crippen LogP) is 2.42. The van der Waals surface area contributed by atoms with Crippen molar-refractivity contribution in [2.24, 2.45) is 0 Å². The number of carbonyl (C=O) groups excluding carboxylic acids is 1. The van der Waals surface area contributed by atoms with E-state index in [0.29, 0.717) is 11.1 Å².